The zero-order valence-electron chi connectivity index (χ0n) is 7.17. The number of rotatable bonds is 2. The third-order valence-corrected chi connectivity index (χ3v) is 10.3. The third-order valence-electron chi connectivity index (χ3n) is 2.48. The molecule has 0 radical (unpaired) electrons. The van der Waals surface area contributed by atoms with Crippen molar-refractivity contribution in [3.63, 3.8) is 0 Å². The molecule has 13 heavy (non-hydrogen) atoms. The van der Waals surface area contributed by atoms with Gasteiger partial charge < -0.3 is 0 Å². The molecular weight excluding hydrogens is 271 g/mol. The molecule has 0 spiro atoms. The van der Waals surface area contributed by atoms with Gasteiger partial charge in [-0.3, -0.25) is 0 Å². The van der Waals surface area contributed by atoms with Gasteiger partial charge in [0, 0.05) is 0 Å². The van der Waals surface area contributed by atoms with Gasteiger partial charge in [-0.25, -0.2) is 0 Å². The average molecular weight is 283 g/mol. The van der Waals surface area contributed by atoms with Crippen molar-refractivity contribution in [2.24, 2.45) is 0 Å². The van der Waals surface area contributed by atoms with Crippen LogP contribution in [0.4, 0.5) is 0 Å². The van der Waals surface area contributed by atoms with Gasteiger partial charge in [0.1, 0.15) is 0 Å². The second-order valence-corrected chi connectivity index (χ2v) is 11.6. The van der Waals surface area contributed by atoms with Crippen LogP contribution in [0.2, 0.25) is 7.87 Å². The molecule has 0 saturated carbocycles. The summed E-state index contributed by atoms with van der Waals surface area (Å²) in [5.74, 6) is 0. The molecule has 0 aromatic heterocycles. The van der Waals surface area contributed by atoms with Gasteiger partial charge in [0.2, 0.25) is 0 Å². The van der Waals surface area contributed by atoms with Crippen LogP contribution in [-0.4, -0.2) is 26.1 Å². The van der Waals surface area contributed by atoms with Gasteiger partial charge in [-0.2, -0.15) is 0 Å². The quantitative estimate of drug-likeness (QED) is 0.752. The van der Waals surface area contributed by atoms with Gasteiger partial charge in [-0.1, -0.05) is 0 Å². The zero-order chi connectivity index (χ0) is 9.31. The van der Waals surface area contributed by atoms with E-state index in [0.717, 1.165) is 0 Å². The molecule has 2 N–H and O–H groups in total. The molecule has 68 valence electrons. The first-order valence-electron chi connectivity index (χ1n) is 4.36. The van der Waals surface area contributed by atoms with Gasteiger partial charge in [0.15, 0.2) is 0 Å². The topological polar surface area (TPSA) is 40.5 Å². The van der Waals surface area contributed by atoms with Crippen LogP contribution in [0.15, 0.2) is 48.6 Å². The summed E-state index contributed by atoms with van der Waals surface area (Å²) in [6.45, 7) is 0. The molecule has 0 saturated heterocycles. The van der Waals surface area contributed by atoms with Crippen molar-refractivity contribution < 1.29 is 6.89 Å². The van der Waals surface area contributed by atoms with Crippen LogP contribution in [0.25, 0.3) is 0 Å². The van der Waals surface area contributed by atoms with Crippen LogP contribution in [0, 0.1) is 0 Å². The Balaban J connectivity index is 2.19. The molecule has 0 aromatic carbocycles. The van der Waals surface area contributed by atoms with Crippen LogP contribution in [0.3, 0.4) is 0 Å². The van der Waals surface area contributed by atoms with E-state index in [2.05, 4.69) is 0 Å². The average Bonchev–Trinajstić information content (AvgIpc) is 2.78. The fourth-order valence-corrected chi connectivity index (χ4v) is 7.42. The number of hydrogen-bond acceptors (Lipinski definition) is 2. The van der Waals surface area contributed by atoms with Gasteiger partial charge in [0.05, 0.1) is 0 Å². The summed E-state index contributed by atoms with van der Waals surface area (Å²) < 4.78 is 20.0. The van der Waals surface area contributed by atoms with E-state index in [-0.39, 0.29) is 7.87 Å². The Hall–Kier alpha value is -0.321. The van der Waals surface area contributed by atoms with Crippen LogP contribution in [0.5, 0.6) is 0 Å². The molecule has 2 aliphatic rings. The maximum atomic E-state index is 10.1. The minimum atomic E-state index is -3.95. The van der Waals surface area contributed by atoms with Gasteiger partial charge in [-0.15, -0.1) is 0 Å². The molecule has 0 unspecified atom stereocenters. The predicted molar refractivity (Wildman–Crippen MR) is 54.3 cm³/mol. The first kappa shape index (κ1) is 9.24. The molecule has 2 rings (SSSR count). The molecule has 0 heterocycles. The van der Waals surface area contributed by atoms with Crippen LogP contribution < -0.4 is 0 Å². The molecule has 0 atom stereocenters. The van der Waals surface area contributed by atoms with E-state index in [4.69, 9.17) is 0 Å². The normalized spacial score (nSPS) is 22.3. The summed E-state index contributed by atoms with van der Waals surface area (Å²) in [6, 6.07) is 0. The maximum absolute atomic E-state index is 10.1. The van der Waals surface area contributed by atoms with Crippen molar-refractivity contribution in [3.8, 4) is 0 Å². The fourth-order valence-electron chi connectivity index (χ4n) is 1.65. The van der Waals surface area contributed by atoms with E-state index >= 15 is 0 Å². The van der Waals surface area contributed by atoms with Crippen molar-refractivity contribution in [2.45, 2.75) is 7.87 Å². The van der Waals surface area contributed by atoms with Crippen molar-refractivity contribution in [1.82, 2.24) is 0 Å². The summed E-state index contributed by atoms with van der Waals surface area (Å²) >= 11 is -3.95. The van der Waals surface area contributed by atoms with E-state index in [9.17, 15) is 6.89 Å². The van der Waals surface area contributed by atoms with E-state index in [1.807, 2.05) is 48.6 Å². The molecule has 2 nitrogen and oxygen atoms in total. The standard InChI is InChI=1S/2C5H5.2H2O.Sn/c2*1-2-4-5-3-1;;;/h2*1-5H;2*1H2;/q;;;;+2/p-2. The van der Waals surface area contributed by atoms with Gasteiger partial charge in [-0.05, 0) is 0 Å². The Kier molecular flexibility index (Phi) is 2.44. The SMILES string of the molecule is [OH][Sn]([OH])([CH]1C=CC=C1)[CH]1C=CC=C1. The Morgan fingerprint density at radius 1 is 0.692 bits per heavy atom. The predicted octanol–water partition coefficient (Wildman–Crippen LogP) is 1.41. The monoisotopic (exact) mass is 284 g/mol. The first-order valence-corrected chi connectivity index (χ1v) is 10.2. The van der Waals surface area contributed by atoms with Crippen LogP contribution in [-0.2, 0) is 0 Å². The van der Waals surface area contributed by atoms with E-state index in [1.54, 1.807) is 0 Å². The summed E-state index contributed by atoms with van der Waals surface area (Å²) in [5, 5.41) is 0. The van der Waals surface area contributed by atoms with Crippen LogP contribution in [0.1, 0.15) is 0 Å². The van der Waals surface area contributed by atoms with E-state index in [1.165, 1.54) is 0 Å². The van der Waals surface area contributed by atoms with Crippen molar-refractivity contribution in [3.05, 3.63) is 48.6 Å². The third kappa shape index (κ3) is 1.66. The summed E-state index contributed by atoms with van der Waals surface area (Å²) in [5.41, 5.74) is 0. The Labute approximate surface area is 82.6 Å². The molecule has 0 bridgehead atoms. The van der Waals surface area contributed by atoms with Gasteiger partial charge in [0.25, 0.3) is 0 Å². The minimum absolute atomic E-state index is 0.0910. The zero-order valence-corrected chi connectivity index (χ0v) is 10.0. The molecular formula is C10H12O2Sn. The van der Waals surface area contributed by atoms with E-state index < -0.39 is 19.2 Å². The van der Waals surface area contributed by atoms with Crippen molar-refractivity contribution >= 4 is 19.2 Å². The molecule has 0 fully saturated rings. The van der Waals surface area contributed by atoms with Gasteiger partial charge >= 0.3 is 82.6 Å². The molecule has 0 aromatic rings. The Morgan fingerprint density at radius 2 is 1.00 bits per heavy atom. The Bertz CT molecular complexity index is 259. The molecule has 0 amide bonds. The summed E-state index contributed by atoms with van der Waals surface area (Å²) in [6.07, 6.45) is 15.1. The van der Waals surface area contributed by atoms with Crippen molar-refractivity contribution in [2.75, 3.05) is 0 Å². The molecule has 2 aliphatic carbocycles. The Morgan fingerprint density at radius 3 is 1.31 bits per heavy atom. The second kappa shape index (κ2) is 3.44. The fraction of sp³-hybridized carbons (Fsp3) is 0.200. The van der Waals surface area contributed by atoms with E-state index in [0.29, 0.717) is 0 Å². The first-order chi connectivity index (χ1) is 6.21. The summed E-state index contributed by atoms with van der Waals surface area (Å²) in [4.78, 5) is 0. The number of allylic oxidation sites excluding steroid dienone is 8. The molecule has 3 heteroatoms. The van der Waals surface area contributed by atoms with Crippen molar-refractivity contribution in [1.29, 1.82) is 0 Å². The second-order valence-electron chi connectivity index (χ2n) is 3.37. The summed E-state index contributed by atoms with van der Waals surface area (Å²) in [7, 11) is 0. The number of hydrogen-bond donors (Lipinski definition) is 2. The van der Waals surface area contributed by atoms with Crippen LogP contribution >= 0.6 is 0 Å². The molecule has 0 aliphatic heterocycles.